The summed E-state index contributed by atoms with van der Waals surface area (Å²) in [4.78, 5) is 0.357. The van der Waals surface area contributed by atoms with Crippen LogP contribution in [0.5, 0.6) is 0 Å². The maximum absolute atomic E-state index is 12.9. The Kier molecular flexibility index (Phi) is 7.39. The maximum atomic E-state index is 12.9. The van der Waals surface area contributed by atoms with Crippen molar-refractivity contribution in [2.24, 2.45) is 0 Å². The van der Waals surface area contributed by atoms with Crippen LogP contribution in [-0.2, 0) is 10.0 Å². The van der Waals surface area contributed by atoms with Crippen LogP contribution in [0.4, 0.5) is 0 Å². The predicted molar refractivity (Wildman–Crippen MR) is 85.9 cm³/mol. The fourth-order valence-corrected chi connectivity index (χ4v) is 4.33. The molecule has 0 fully saturated rings. The molecule has 1 aromatic heterocycles. The minimum atomic E-state index is -3.44. The molecule has 0 aliphatic rings. The summed E-state index contributed by atoms with van der Waals surface area (Å²) in [7, 11) is -3.44. The van der Waals surface area contributed by atoms with Crippen molar-refractivity contribution in [2.75, 3.05) is 13.1 Å². The molecule has 0 radical (unpaired) electrons. The summed E-state index contributed by atoms with van der Waals surface area (Å²) in [5.41, 5.74) is 1.19. The Morgan fingerprint density at radius 2 is 1.52 bits per heavy atom. The Morgan fingerprint density at radius 3 is 1.90 bits per heavy atom. The molecular weight excluding hydrogens is 286 g/mol. The van der Waals surface area contributed by atoms with Crippen molar-refractivity contribution in [3.05, 3.63) is 11.4 Å². The number of unbranched alkanes of at least 4 members (excludes halogenated alkanes) is 4. The minimum absolute atomic E-state index is 0.357. The van der Waals surface area contributed by atoms with Crippen LogP contribution in [0.3, 0.4) is 0 Å². The highest BCUT2D eigenvalue weighted by Crippen LogP contribution is 2.22. The molecule has 0 saturated heterocycles. The normalized spacial score (nSPS) is 12.2. The monoisotopic (exact) mass is 315 g/mol. The minimum Gasteiger partial charge on any atom is -0.281 e. The quantitative estimate of drug-likeness (QED) is 0.673. The molecule has 0 amide bonds. The molecule has 122 valence electrons. The highest BCUT2D eigenvalue weighted by molar-refractivity contribution is 7.89. The molecule has 5 nitrogen and oxygen atoms in total. The second kappa shape index (κ2) is 8.54. The van der Waals surface area contributed by atoms with Crippen molar-refractivity contribution in [1.29, 1.82) is 0 Å². The standard InChI is InChI=1S/C15H29N3O2S/c1-5-7-9-11-18(12-10-8-6-2)21(19,20)15-13(3)16-17-14(15)4/h5-12H2,1-4H3,(H,16,17). The van der Waals surface area contributed by atoms with Gasteiger partial charge in [-0.25, -0.2) is 8.42 Å². The van der Waals surface area contributed by atoms with E-state index in [-0.39, 0.29) is 0 Å². The van der Waals surface area contributed by atoms with E-state index in [2.05, 4.69) is 24.0 Å². The number of aromatic nitrogens is 2. The third kappa shape index (κ3) is 4.81. The van der Waals surface area contributed by atoms with Crippen LogP contribution in [-0.4, -0.2) is 36.0 Å². The number of H-pyrrole nitrogens is 1. The van der Waals surface area contributed by atoms with Crippen LogP contribution in [0.2, 0.25) is 0 Å². The number of rotatable bonds is 10. The summed E-state index contributed by atoms with van der Waals surface area (Å²) < 4.78 is 27.4. The number of hydrogen-bond donors (Lipinski definition) is 1. The summed E-state index contributed by atoms with van der Waals surface area (Å²) in [5, 5.41) is 6.80. The molecule has 21 heavy (non-hydrogen) atoms. The number of sulfonamides is 1. The van der Waals surface area contributed by atoms with Crippen molar-refractivity contribution in [1.82, 2.24) is 14.5 Å². The van der Waals surface area contributed by atoms with Crippen molar-refractivity contribution in [2.45, 2.75) is 71.1 Å². The van der Waals surface area contributed by atoms with E-state index in [0.29, 0.717) is 29.4 Å². The molecule has 0 aliphatic heterocycles. The van der Waals surface area contributed by atoms with E-state index in [1.807, 2.05) is 0 Å². The van der Waals surface area contributed by atoms with Gasteiger partial charge in [-0.05, 0) is 26.7 Å². The van der Waals surface area contributed by atoms with Gasteiger partial charge in [0.1, 0.15) is 4.90 Å². The van der Waals surface area contributed by atoms with Gasteiger partial charge >= 0.3 is 0 Å². The highest BCUT2D eigenvalue weighted by Gasteiger charge is 2.28. The summed E-state index contributed by atoms with van der Waals surface area (Å²) in [6, 6.07) is 0. The van der Waals surface area contributed by atoms with Gasteiger partial charge in [0.05, 0.1) is 11.4 Å². The first kappa shape index (κ1) is 18.2. The first-order valence-electron chi connectivity index (χ1n) is 7.96. The van der Waals surface area contributed by atoms with E-state index in [1.165, 1.54) is 0 Å². The van der Waals surface area contributed by atoms with Gasteiger partial charge in [0, 0.05) is 13.1 Å². The molecule has 6 heteroatoms. The van der Waals surface area contributed by atoms with Gasteiger partial charge in [-0.1, -0.05) is 39.5 Å². The van der Waals surface area contributed by atoms with Gasteiger partial charge in [-0.2, -0.15) is 9.40 Å². The van der Waals surface area contributed by atoms with Gasteiger partial charge in [-0.3, -0.25) is 5.10 Å². The Labute approximate surface area is 129 Å². The molecule has 0 aromatic carbocycles. The molecule has 1 heterocycles. The van der Waals surface area contributed by atoms with Crippen molar-refractivity contribution in [3.8, 4) is 0 Å². The Balaban J connectivity index is 2.93. The van der Waals surface area contributed by atoms with Gasteiger partial charge < -0.3 is 0 Å². The van der Waals surface area contributed by atoms with E-state index < -0.39 is 10.0 Å². The Hall–Kier alpha value is -0.880. The average molecular weight is 315 g/mol. The molecule has 1 rings (SSSR count). The number of nitrogens with zero attached hydrogens (tertiary/aromatic N) is 2. The first-order chi connectivity index (χ1) is 9.95. The average Bonchev–Trinajstić information content (AvgIpc) is 2.77. The van der Waals surface area contributed by atoms with Gasteiger partial charge in [-0.15, -0.1) is 0 Å². The maximum Gasteiger partial charge on any atom is 0.246 e. The zero-order valence-corrected chi connectivity index (χ0v) is 14.6. The lowest BCUT2D eigenvalue weighted by Gasteiger charge is -2.22. The van der Waals surface area contributed by atoms with E-state index in [4.69, 9.17) is 0 Å². The molecule has 1 aromatic rings. The molecule has 0 spiro atoms. The van der Waals surface area contributed by atoms with Gasteiger partial charge in [0.15, 0.2) is 0 Å². The molecule has 0 atom stereocenters. The van der Waals surface area contributed by atoms with Crippen LogP contribution in [0.1, 0.15) is 63.8 Å². The van der Waals surface area contributed by atoms with Crippen LogP contribution in [0.15, 0.2) is 4.90 Å². The fourth-order valence-electron chi connectivity index (χ4n) is 2.48. The van der Waals surface area contributed by atoms with E-state index >= 15 is 0 Å². The topological polar surface area (TPSA) is 66.1 Å². The van der Waals surface area contributed by atoms with Gasteiger partial charge in [0.25, 0.3) is 0 Å². The third-order valence-electron chi connectivity index (χ3n) is 3.68. The summed E-state index contributed by atoms with van der Waals surface area (Å²) in [5.74, 6) is 0. The zero-order chi connectivity index (χ0) is 15.9. The lowest BCUT2D eigenvalue weighted by molar-refractivity contribution is 0.388. The lowest BCUT2D eigenvalue weighted by atomic mass is 10.2. The zero-order valence-electron chi connectivity index (χ0n) is 13.8. The van der Waals surface area contributed by atoms with E-state index in [9.17, 15) is 8.42 Å². The van der Waals surface area contributed by atoms with Gasteiger partial charge in [0.2, 0.25) is 10.0 Å². The van der Waals surface area contributed by atoms with Crippen molar-refractivity contribution >= 4 is 10.0 Å². The number of hydrogen-bond acceptors (Lipinski definition) is 3. The van der Waals surface area contributed by atoms with E-state index in [1.54, 1.807) is 18.2 Å². The Morgan fingerprint density at radius 1 is 1.00 bits per heavy atom. The smallest absolute Gasteiger partial charge is 0.246 e. The highest BCUT2D eigenvalue weighted by atomic mass is 32.2. The first-order valence-corrected chi connectivity index (χ1v) is 9.40. The molecular formula is C15H29N3O2S. The van der Waals surface area contributed by atoms with Crippen LogP contribution < -0.4 is 0 Å². The van der Waals surface area contributed by atoms with Crippen molar-refractivity contribution < 1.29 is 8.42 Å². The lowest BCUT2D eigenvalue weighted by Crippen LogP contribution is -2.33. The molecule has 0 unspecified atom stereocenters. The van der Waals surface area contributed by atoms with Crippen molar-refractivity contribution in [3.63, 3.8) is 0 Å². The predicted octanol–water partition coefficient (Wildman–Crippen LogP) is 3.40. The molecule has 0 saturated carbocycles. The summed E-state index contributed by atoms with van der Waals surface area (Å²) in [6.45, 7) is 8.96. The van der Waals surface area contributed by atoms with Crippen LogP contribution in [0, 0.1) is 13.8 Å². The molecule has 1 N–H and O–H groups in total. The SMILES string of the molecule is CCCCCN(CCCCC)S(=O)(=O)c1c(C)n[nH]c1C. The number of aromatic amines is 1. The van der Waals surface area contributed by atoms with Crippen LogP contribution in [0.25, 0.3) is 0 Å². The van der Waals surface area contributed by atoms with Crippen LogP contribution >= 0.6 is 0 Å². The summed E-state index contributed by atoms with van der Waals surface area (Å²) in [6.07, 6.45) is 6.13. The van der Waals surface area contributed by atoms with E-state index in [0.717, 1.165) is 38.5 Å². The second-order valence-electron chi connectivity index (χ2n) is 5.58. The summed E-state index contributed by atoms with van der Waals surface area (Å²) >= 11 is 0. The molecule has 0 bridgehead atoms. The third-order valence-corrected chi connectivity index (χ3v) is 5.84. The number of nitrogens with one attached hydrogen (secondary N) is 1. The fraction of sp³-hybridized carbons (Fsp3) is 0.800. The number of aryl methyl sites for hydroxylation is 2. The Bertz CT molecular complexity index is 494. The largest absolute Gasteiger partial charge is 0.281 e. The molecule has 0 aliphatic carbocycles. The second-order valence-corrected chi connectivity index (χ2v) is 7.46.